The summed E-state index contributed by atoms with van der Waals surface area (Å²) in [5.74, 6) is 2.00. The first-order valence-corrected chi connectivity index (χ1v) is 18.1. The number of ether oxygens (including phenoxy) is 3. The minimum atomic E-state index is -0.923. The number of non-ortho nitro benzene ring substituents is 1. The van der Waals surface area contributed by atoms with Crippen LogP contribution in [0.25, 0.3) is 27.6 Å². The molecule has 9 rings (SSSR count). The maximum Gasteiger partial charge on any atom is 0.270 e. The predicted molar refractivity (Wildman–Crippen MR) is 214 cm³/mol. The van der Waals surface area contributed by atoms with Crippen molar-refractivity contribution in [2.45, 2.75) is 44.7 Å². The molecule has 266 valence electrons. The molecule has 1 spiro atoms. The predicted octanol–water partition coefficient (Wildman–Crippen LogP) is 11.2. The molecule has 0 saturated carbocycles. The Labute approximate surface area is 313 Å². The topological polar surface area (TPSA) is 74.1 Å². The molecule has 1 atom stereocenters. The van der Waals surface area contributed by atoms with Gasteiger partial charge in [0.05, 0.1) is 10.3 Å². The lowest BCUT2D eigenvalue weighted by Gasteiger charge is -2.47. The molecule has 7 heteroatoms. The zero-order chi connectivity index (χ0) is 36.9. The van der Waals surface area contributed by atoms with Crippen LogP contribution in [-0.2, 0) is 25.2 Å². The largest absolute Gasteiger partial charge is 0.489 e. The van der Waals surface area contributed by atoms with E-state index in [4.69, 9.17) is 14.2 Å². The normalized spacial score (nSPS) is 16.6. The standard InChI is InChI=1S/C47H38N2O5/c1-46(2)43-13-7-8-14-44(43)48(47(46)22-21-39-27-40(49(50)51)19-20-45(39)54-47)29-34-25-41(52-30-32-15-17-35-9-3-5-11-37(35)23-32)28-42(26-34)53-31-33-16-18-36-10-4-6-12-38(36)24-33/h3-28H,29-31H2,1-2H3. The molecule has 1 unspecified atom stereocenters. The summed E-state index contributed by atoms with van der Waals surface area (Å²) in [5.41, 5.74) is 4.63. The molecule has 7 aromatic carbocycles. The lowest BCUT2D eigenvalue weighted by molar-refractivity contribution is -0.384. The molecule has 54 heavy (non-hydrogen) atoms. The zero-order valence-electron chi connectivity index (χ0n) is 30.1. The first kappa shape index (κ1) is 33.3. The summed E-state index contributed by atoms with van der Waals surface area (Å²) in [6.45, 7) is 5.65. The first-order valence-electron chi connectivity index (χ1n) is 18.1. The van der Waals surface area contributed by atoms with Crippen LogP contribution in [0.3, 0.4) is 0 Å². The summed E-state index contributed by atoms with van der Waals surface area (Å²) < 4.78 is 20.0. The van der Waals surface area contributed by atoms with Gasteiger partial charge in [0.1, 0.15) is 30.5 Å². The highest BCUT2D eigenvalue weighted by molar-refractivity contribution is 5.84. The molecule has 7 nitrogen and oxygen atoms in total. The number of fused-ring (bicyclic) bond motifs is 4. The molecule has 0 aliphatic carbocycles. The molecule has 0 bridgehead atoms. The second kappa shape index (κ2) is 13.1. The maximum atomic E-state index is 11.6. The Hall–Kier alpha value is -6.60. The third kappa shape index (κ3) is 5.88. The van der Waals surface area contributed by atoms with Gasteiger partial charge in [0, 0.05) is 36.0 Å². The van der Waals surface area contributed by atoms with E-state index in [1.54, 1.807) is 12.1 Å². The van der Waals surface area contributed by atoms with Crippen LogP contribution >= 0.6 is 0 Å². The smallest absolute Gasteiger partial charge is 0.270 e. The fourth-order valence-electron chi connectivity index (χ4n) is 7.97. The summed E-state index contributed by atoms with van der Waals surface area (Å²) in [4.78, 5) is 13.5. The molecule has 0 N–H and O–H groups in total. The molecular formula is C47H38N2O5. The Bertz CT molecular complexity index is 2510. The van der Waals surface area contributed by atoms with Gasteiger partial charge in [0.25, 0.3) is 5.69 Å². The quantitative estimate of drug-likeness (QED) is 0.110. The van der Waals surface area contributed by atoms with Crippen molar-refractivity contribution < 1.29 is 19.1 Å². The Morgan fingerprint density at radius 3 is 1.87 bits per heavy atom. The molecule has 0 saturated heterocycles. The van der Waals surface area contributed by atoms with Gasteiger partial charge in [-0.1, -0.05) is 91.0 Å². The van der Waals surface area contributed by atoms with Crippen molar-refractivity contribution in [1.82, 2.24) is 0 Å². The lowest BCUT2D eigenvalue weighted by Crippen LogP contribution is -2.59. The SMILES string of the molecule is CC1(C)c2ccccc2N(Cc2cc(OCc3ccc4ccccc4c3)cc(OCc3ccc4ccccc4c3)c2)C12C=Cc1cc([N+](=O)[O-])ccc1O2. The number of hydrogen-bond donors (Lipinski definition) is 0. The third-order valence-electron chi connectivity index (χ3n) is 10.8. The number of benzene rings is 7. The van der Waals surface area contributed by atoms with Crippen LogP contribution in [0.2, 0.25) is 0 Å². The molecule has 2 aliphatic heterocycles. The fraction of sp³-hybridized carbons (Fsp3) is 0.149. The van der Waals surface area contributed by atoms with Crippen LogP contribution in [0.15, 0.2) is 152 Å². The molecule has 7 aromatic rings. The van der Waals surface area contributed by atoms with Gasteiger partial charge in [-0.3, -0.25) is 10.1 Å². The van der Waals surface area contributed by atoms with Crippen molar-refractivity contribution in [3.8, 4) is 17.2 Å². The Morgan fingerprint density at radius 1 is 0.648 bits per heavy atom. The van der Waals surface area contributed by atoms with E-state index in [1.807, 2.05) is 42.5 Å². The Kier molecular flexibility index (Phi) is 8.07. The van der Waals surface area contributed by atoms with E-state index in [1.165, 1.54) is 27.6 Å². The van der Waals surface area contributed by atoms with E-state index in [9.17, 15) is 10.1 Å². The van der Waals surface area contributed by atoms with E-state index in [0.717, 1.165) is 27.9 Å². The van der Waals surface area contributed by atoms with Gasteiger partial charge < -0.3 is 19.1 Å². The van der Waals surface area contributed by atoms with E-state index >= 15 is 0 Å². The first-order chi connectivity index (χ1) is 26.3. The summed E-state index contributed by atoms with van der Waals surface area (Å²) >= 11 is 0. The van der Waals surface area contributed by atoms with Crippen molar-refractivity contribution in [3.63, 3.8) is 0 Å². The molecule has 0 radical (unpaired) electrons. The second-order valence-corrected chi connectivity index (χ2v) is 14.6. The monoisotopic (exact) mass is 710 g/mol. The highest BCUT2D eigenvalue weighted by Gasteiger charge is 2.58. The van der Waals surface area contributed by atoms with E-state index in [-0.39, 0.29) is 10.6 Å². The maximum absolute atomic E-state index is 11.6. The van der Waals surface area contributed by atoms with Crippen LogP contribution in [0.1, 0.15) is 41.7 Å². The minimum Gasteiger partial charge on any atom is -0.489 e. The van der Waals surface area contributed by atoms with Crippen molar-refractivity contribution in [1.29, 1.82) is 0 Å². The molecule has 2 heterocycles. The molecule has 0 aromatic heterocycles. The van der Waals surface area contributed by atoms with Gasteiger partial charge in [-0.05, 0) is 106 Å². The molecule has 0 fully saturated rings. The molecule has 0 amide bonds. The third-order valence-corrected chi connectivity index (χ3v) is 10.8. The van der Waals surface area contributed by atoms with Crippen LogP contribution in [0.4, 0.5) is 11.4 Å². The van der Waals surface area contributed by atoms with Crippen LogP contribution in [0.5, 0.6) is 17.2 Å². The highest BCUT2D eigenvalue weighted by atomic mass is 16.6. The van der Waals surface area contributed by atoms with Gasteiger partial charge >= 0.3 is 0 Å². The van der Waals surface area contributed by atoms with Crippen LogP contribution < -0.4 is 19.1 Å². The van der Waals surface area contributed by atoms with Crippen molar-refractivity contribution in [2.75, 3.05) is 4.90 Å². The number of hydrogen-bond acceptors (Lipinski definition) is 6. The van der Waals surface area contributed by atoms with E-state index in [2.05, 4.69) is 116 Å². The van der Waals surface area contributed by atoms with Gasteiger partial charge in [0.2, 0.25) is 5.72 Å². The fourth-order valence-corrected chi connectivity index (χ4v) is 7.97. The van der Waals surface area contributed by atoms with Crippen molar-refractivity contribution in [3.05, 3.63) is 190 Å². The number of anilines is 1. The summed E-state index contributed by atoms with van der Waals surface area (Å²) in [5, 5.41) is 16.3. The van der Waals surface area contributed by atoms with E-state index < -0.39 is 11.1 Å². The van der Waals surface area contributed by atoms with Gasteiger partial charge in [-0.25, -0.2) is 0 Å². The van der Waals surface area contributed by atoms with Crippen LogP contribution in [0, 0.1) is 10.1 Å². The minimum absolute atomic E-state index is 0.0282. The zero-order valence-corrected chi connectivity index (χ0v) is 30.1. The Balaban J connectivity index is 1.07. The molecule has 2 aliphatic rings. The summed E-state index contributed by atoms with van der Waals surface area (Å²) in [7, 11) is 0. The summed E-state index contributed by atoms with van der Waals surface area (Å²) in [6.07, 6.45) is 4.00. The van der Waals surface area contributed by atoms with Crippen molar-refractivity contribution in [2.24, 2.45) is 0 Å². The lowest BCUT2D eigenvalue weighted by atomic mass is 9.76. The summed E-state index contributed by atoms with van der Waals surface area (Å²) in [6, 6.07) is 48.7. The average molecular weight is 711 g/mol. The van der Waals surface area contributed by atoms with Gasteiger partial charge in [-0.15, -0.1) is 0 Å². The number of nitrogens with zero attached hydrogens (tertiary/aromatic N) is 2. The number of rotatable bonds is 9. The number of nitro benzene ring substituents is 1. The molecular weight excluding hydrogens is 673 g/mol. The number of nitro groups is 1. The second-order valence-electron chi connectivity index (χ2n) is 14.6. The van der Waals surface area contributed by atoms with E-state index in [0.29, 0.717) is 42.6 Å². The highest BCUT2D eigenvalue weighted by Crippen LogP contribution is 2.55. The number of para-hydroxylation sites is 1. The van der Waals surface area contributed by atoms with Gasteiger partial charge in [0.15, 0.2) is 0 Å². The van der Waals surface area contributed by atoms with Crippen molar-refractivity contribution >= 4 is 39.0 Å². The van der Waals surface area contributed by atoms with Gasteiger partial charge in [-0.2, -0.15) is 0 Å². The average Bonchev–Trinajstić information content (AvgIpc) is 3.37. The van der Waals surface area contributed by atoms with Crippen LogP contribution in [-0.4, -0.2) is 10.6 Å². The Morgan fingerprint density at radius 2 is 1.24 bits per heavy atom.